The lowest BCUT2D eigenvalue weighted by Gasteiger charge is -2.12. The third-order valence-electron chi connectivity index (χ3n) is 4.93. The molecule has 2 heterocycles. The molecule has 1 saturated carbocycles. The topological polar surface area (TPSA) is 102 Å². The average Bonchev–Trinajstić information content (AvgIpc) is 3.36. The molecule has 0 spiro atoms. The van der Waals surface area contributed by atoms with E-state index in [1.807, 2.05) is 0 Å². The second-order valence-electron chi connectivity index (χ2n) is 6.99. The Morgan fingerprint density at radius 1 is 1.31 bits per heavy atom. The molecular weight excluding hydrogens is 377 g/mol. The third-order valence-corrected chi connectivity index (χ3v) is 4.93. The molecule has 1 amide bonds. The maximum absolute atomic E-state index is 14.0. The first-order valence-corrected chi connectivity index (χ1v) is 9.34. The zero-order chi connectivity index (χ0) is 20.2. The van der Waals surface area contributed by atoms with E-state index in [1.165, 1.54) is 10.7 Å². The van der Waals surface area contributed by atoms with Crippen LogP contribution in [-0.2, 0) is 0 Å². The van der Waals surface area contributed by atoms with Crippen molar-refractivity contribution in [1.82, 2.24) is 25.1 Å². The molecule has 0 bridgehead atoms. The zero-order valence-corrected chi connectivity index (χ0v) is 15.5. The van der Waals surface area contributed by atoms with Gasteiger partial charge in [-0.2, -0.15) is 10.1 Å². The Morgan fingerprint density at radius 3 is 3.00 bits per heavy atom. The van der Waals surface area contributed by atoms with E-state index in [2.05, 4.69) is 20.4 Å². The van der Waals surface area contributed by atoms with E-state index >= 15 is 0 Å². The van der Waals surface area contributed by atoms with Crippen LogP contribution in [0.5, 0.6) is 6.01 Å². The van der Waals surface area contributed by atoms with Gasteiger partial charge in [-0.1, -0.05) is 12.1 Å². The van der Waals surface area contributed by atoms with Crippen molar-refractivity contribution in [3.05, 3.63) is 54.7 Å². The molecule has 1 aliphatic carbocycles. The molecule has 0 saturated heterocycles. The molecule has 2 atom stereocenters. The highest BCUT2D eigenvalue weighted by molar-refractivity contribution is 5.64. The van der Waals surface area contributed by atoms with Crippen LogP contribution >= 0.6 is 0 Å². The van der Waals surface area contributed by atoms with Crippen molar-refractivity contribution in [3.63, 3.8) is 0 Å². The molecule has 150 valence electrons. The van der Waals surface area contributed by atoms with Gasteiger partial charge in [0, 0.05) is 24.0 Å². The smallest absolute Gasteiger partial charge is 0.404 e. The van der Waals surface area contributed by atoms with E-state index in [9.17, 15) is 9.18 Å². The number of para-hydroxylation sites is 1. The van der Waals surface area contributed by atoms with Crippen molar-refractivity contribution >= 4 is 6.09 Å². The van der Waals surface area contributed by atoms with Crippen molar-refractivity contribution < 1.29 is 19.0 Å². The summed E-state index contributed by atoms with van der Waals surface area (Å²) in [6.07, 6.45) is 6.34. The van der Waals surface area contributed by atoms with Gasteiger partial charge in [-0.05, 0) is 43.4 Å². The highest BCUT2D eigenvalue weighted by Crippen LogP contribution is 2.26. The monoisotopic (exact) mass is 397 g/mol. The van der Waals surface area contributed by atoms with E-state index in [4.69, 9.17) is 9.84 Å². The molecule has 1 fully saturated rings. The van der Waals surface area contributed by atoms with Gasteiger partial charge in [0.1, 0.15) is 11.5 Å². The quantitative estimate of drug-likeness (QED) is 0.662. The standard InChI is InChI=1S/C20H20FN5O3/c21-16-3-1-2-4-18(16)26-11-14(10-23-26)17-7-8-22-19(25-17)29-12-13-5-6-15(9-13)24-20(27)28/h1-4,7-8,10-11,13,15,24H,5-6,9,12H2,(H,27,28)/t13-,15+/m0/s1. The molecule has 9 heteroatoms. The second kappa shape index (κ2) is 8.26. The number of nitrogens with zero attached hydrogens (tertiary/aromatic N) is 4. The number of ether oxygens (including phenoxy) is 1. The summed E-state index contributed by atoms with van der Waals surface area (Å²) >= 11 is 0. The number of benzene rings is 1. The summed E-state index contributed by atoms with van der Waals surface area (Å²) in [6.45, 7) is 0.426. The van der Waals surface area contributed by atoms with E-state index in [1.54, 1.807) is 42.9 Å². The van der Waals surface area contributed by atoms with Gasteiger partial charge in [0.25, 0.3) is 0 Å². The number of amides is 1. The molecule has 2 aromatic heterocycles. The van der Waals surface area contributed by atoms with Crippen molar-refractivity contribution in [2.45, 2.75) is 25.3 Å². The summed E-state index contributed by atoms with van der Waals surface area (Å²) in [5.41, 5.74) is 1.69. The Hall–Kier alpha value is -3.49. The SMILES string of the molecule is O=C(O)N[C@@H]1CC[C@H](COc2nccc(-c3cnn(-c4ccccc4F)c3)n2)C1. The van der Waals surface area contributed by atoms with Crippen LogP contribution in [-0.4, -0.2) is 43.6 Å². The molecular formula is C20H20FN5O3. The zero-order valence-electron chi connectivity index (χ0n) is 15.5. The Balaban J connectivity index is 1.41. The summed E-state index contributed by atoms with van der Waals surface area (Å²) in [7, 11) is 0. The molecule has 1 aromatic carbocycles. The van der Waals surface area contributed by atoms with Crippen LogP contribution in [0.3, 0.4) is 0 Å². The van der Waals surface area contributed by atoms with E-state index in [0.29, 0.717) is 23.6 Å². The summed E-state index contributed by atoms with van der Waals surface area (Å²) < 4.78 is 21.1. The molecule has 0 radical (unpaired) electrons. The van der Waals surface area contributed by atoms with Crippen LogP contribution in [0, 0.1) is 11.7 Å². The highest BCUT2D eigenvalue weighted by Gasteiger charge is 2.26. The van der Waals surface area contributed by atoms with Crippen molar-refractivity contribution in [2.75, 3.05) is 6.61 Å². The lowest BCUT2D eigenvalue weighted by molar-refractivity contribution is 0.188. The number of aromatic nitrogens is 4. The lowest BCUT2D eigenvalue weighted by atomic mass is 10.1. The molecule has 4 rings (SSSR count). The van der Waals surface area contributed by atoms with Crippen molar-refractivity contribution in [2.24, 2.45) is 5.92 Å². The summed E-state index contributed by atoms with van der Waals surface area (Å²) in [6, 6.07) is 8.35. The number of carboxylic acid groups (broad SMARTS) is 1. The Morgan fingerprint density at radius 2 is 2.17 bits per heavy atom. The van der Waals surface area contributed by atoms with E-state index < -0.39 is 6.09 Å². The Labute approximate surface area is 166 Å². The van der Waals surface area contributed by atoms with Gasteiger partial charge in [0.2, 0.25) is 0 Å². The normalized spacial score (nSPS) is 18.5. The fourth-order valence-corrected chi connectivity index (χ4v) is 3.52. The van der Waals surface area contributed by atoms with Gasteiger partial charge in [-0.3, -0.25) is 0 Å². The Kier molecular flexibility index (Phi) is 5.37. The molecule has 0 unspecified atom stereocenters. The van der Waals surface area contributed by atoms with Gasteiger partial charge >= 0.3 is 12.1 Å². The van der Waals surface area contributed by atoms with E-state index in [-0.39, 0.29) is 23.8 Å². The minimum absolute atomic E-state index is 0.0300. The van der Waals surface area contributed by atoms with Crippen LogP contribution in [0.25, 0.3) is 16.9 Å². The van der Waals surface area contributed by atoms with Crippen molar-refractivity contribution in [1.29, 1.82) is 0 Å². The molecule has 2 N–H and O–H groups in total. The van der Waals surface area contributed by atoms with Crippen LogP contribution in [0.4, 0.5) is 9.18 Å². The average molecular weight is 397 g/mol. The molecule has 0 aliphatic heterocycles. The number of carbonyl (C=O) groups is 1. The second-order valence-corrected chi connectivity index (χ2v) is 6.99. The predicted octanol–water partition coefficient (Wildman–Crippen LogP) is 3.28. The molecule has 8 nitrogen and oxygen atoms in total. The first kappa shape index (κ1) is 18.9. The first-order valence-electron chi connectivity index (χ1n) is 9.34. The lowest BCUT2D eigenvalue weighted by Crippen LogP contribution is -2.31. The van der Waals surface area contributed by atoms with Gasteiger partial charge in [-0.15, -0.1) is 0 Å². The number of halogens is 1. The fraction of sp³-hybridized carbons (Fsp3) is 0.300. The fourth-order valence-electron chi connectivity index (χ4n) is 3.52. The Bertz CT molecular complexity index is 1010. The number of hydrogen-bond donors (Lipinski definition) is 2. The van der Waals surface area contributed by atoms with Gasteiger partial charge in [0.15, 0.2) is 0 Å². The molecule has 3 aromatic rings. The van der Waals surface area contributed by atoms with E-state index in [0.717, 1.165) is 19.3 Å². The minimum Gasteiger partial charge on any atom is -0.465 e. The third kappa shape index (κ3) is 4.50. The van der Waals surface area contributed by atoms with Crippen molar-refractivity contribution in [3.8, 4) is 23.0 Å². The van der Waals surface area contributed by atoms with Crippen LogP contribution < -0.4 is 10.1 Å². The van der Waals surface area contributed by atoms with Gasteiger partial charge < -0.3 is 15.2 Å². The number of rotatable bonds is 6. The van der Waals surface area contributed by atoms with Gasteiger partial charge in [0.05, 0.1) is 18.5 Å². The highest BCUT2D eigenvalue weighted by atomic mass is 19.1. The number of hydrogen-bond acceptors (Lipinski definition) is 5. The summed E-state index contributed by atoms with van der Waals surface area (Å²) in [5, 5.41) is 15.5. The van der Waals surface area contributed by atoms with Crippen LogP contribution in [0.15, 0.2) is 48.9 Å². The first-order chi connectivity index (χ1) is 14.1. The van der Waals surface area contributed by atoms with Gasteiger partial charge in [-0.25, -0.2) is 18.9 Å². The predicted molar refractivity (Wildman–Crippen MR) is 102 cm³/mol. The summed E-state index contributed by atoms with van der Waals surface area (Å²) in [4.78, 5) is 19.3. The van der Waals surface area contributed by atoms with Crippen LogP contribution in [0.1, 0.15) is 19.3 Å². The molecule has 1 aliphatic rings. The van der Waals surface area contributed by atoms with Crippen LogP contribution in [0.2, 0.25) is 0 Å². The maximum atomic E-state index is 14.0. The molecule has 29 heavy (non-hydrogen) atoms. The minimum atomic E-state index is -0.997. The maximum Gasteiger partial charge on any atom is 0.404 e. The number of nitrogens with one attached hydrogen (secondary N) is 1. The summed E-state index contributed by atoms with van der Waals surface area (Å²) in [5.74, 6) is -0.107. The largest absolute Gasteiger partial charge is 0.465 e.